The number of carboxylic acids is 1. The van der Waals surface area contributed by atoms with Crippen LogP contribution in [0.2, 0.25) is 0 Å². The number of carbonyl (C=O) groups excluding carboxylic acids is 1. The van der Waals surface area contributed by atoms with Crippen LogP contribution in [0.1, 0.15) is 46.5 Å². The summed E-state index contributed by atoms with van der Waals surface area (Å²) < 4.78 is 31.9. The van der Waals surface area contributed by atoms with E-state index < -0.39 is 63.5 Å². The maximum atomic E-state index is 16.7. The Hall–Kier alpha value is -1.76. The van der Waals surface area contributed by atoms with Crippen LogP contribution in [0, 0.1) is 28.6 Å². The zero-order valence-electron chi connectivity index (χ0n) is 16.2. The molecule has 4 rings (SSSR count). The number of aliphatic hydroxyl groups is 2. The zero-order valence-corrected chi connectivity index (χ0v) is 16.2. The molecule has 8 atom stereocenters. The predicted octanol–water partition coefficient (Wildman–Crippen LogP) is 3.28. The highest BCUT2D eigenvalue weighted by molar-refractivity contribution is 6.02. The number of halogens is 2. The Labute approximate surface area is 162 Å². The summed E-state index contributed by atoms with van der Waals surface area (Å²) >= 11 is 0. The molecule has 3 saturated carbocycles. The second kappa shape index (κ2) is 5.43. The molecule has 0 radical (unpaired) electrons. The molecule has 154 valence electrons. The zero-order chi connectivity index (χ0) is 20.9. The number of aliphatic carboxylic acids is 1. The highest BCUT2D eigenvalue weighted by Crippen LogP contribution is 2.71. The van der Waals surface area contributed by atoms with Gasteiger partial charge in [0.1, 0.15) is 17.6 Å². The molecule has 3 N–H and O–H groups in total. The molecule has 3 unspecified atom stereocenters. The third-order valence-electron chi connectivity index (χ3n) is 8.71. The standard InChI is InChI=1S/C21H26F2O5/c1-10-6-12-13-9-15(22)14-7-11(24)8-16(25)19(14,3)20(13,23)5-4-18(12,2)21(10,28)17(26)27/h7-8,10,12-13,15,25,28H,4-6,9H2,1-3H3,(H,26,27)/t10-,12+,13?,15+,18+,19?,20?,21+/m1/s1. The number of ketones is 1. The number of hydrogen-bond donors (Lipinski definition) is 3. The van der Waals surface area contributed by atoms with Crippen LogP contribution < -0.4 is 0 Å². The molecule has 4 aliphatic rings. The molecule has 0 aromatic rings. The number of allylic oxidation sites excluding steroid dienone is 3. The third kappa shape index (κ3) is 1.89. The molecule has 4 aliphatic carbocycles. The largest absolute Gasteiger partial charge is 0.511 e. The first-order valence-corrected chi connectivity index (χ1v) is 9.80. The Morgan fingerprint density at radius 3 is 2.43 bits per heavy atom. The summed E-state index contributed by atoms with van der Waals surface area (Å²) in [4.78, 5) is 23.8. The maximum absolute atomic E-state index is 16.7. The van der Waals surface area contributed by atoms with Gasteiger partial charge in [0.15, 0.2) is 11.4 Å². The van der Waals surface area contributed by atoms with Crippen LogP contribution in [0.4, 0.5) is 8.78 Å². The lowest BCUT2D eigenvalue weighted by Crippen LogP contribution is -2.66. The Morgan fingerprint density at radius 1 is 1.18 bits per heavy atom. The minimum atomic E-state index is -2.03. The van der Waals surface area contributed by atoms with Crippen LogP contribution in [-0.4, -0.2) is 44.5 Å². The molecule has 7 heteroatoms. The molecule has 28 heavy (non-hydrogen) atoms. The van der Waals surface area contributed by atoms with Crippen LogP contribution in [0.5, 0.6) is 0 Å². The number of hydrogen-bond acceptors (Lipinski definition) is 4. The molecule has 0 amide bonds. The maximum Gasteiger partial charge on any atom is 0.336 e. The summed E-state index contributed by atoms with van der Waals surface area (Å²) in [5.74, 6) is -4.41. The minimum absolute atomic E-state index is 0.0422. The Kier molecular flexibility index (Phi) is 3.79. The average Bonchev–Trinajstić information content (AvgIpc) is 2.81. The van der Waals surface area contributed by atoms with Crippen LogP contribution in [-0.2, 0) is 9.59 Å². The molecule has 0 aromatic heterocycles. The van der Waals surface area contributed by atoms with E-state index in [1.807, 2.05) is 0 Å². The van der Waals surface area contributed by atoms with Crippen molar-refractivity contribution in [1.29, 1.82) is 0 Å². The van der Waals surface area contributed by atoms with Crippen LogP contribution in [0.3, 0.4) is 0 Å². The van der Waals surface area contributed by atoms with E-state index >= 15 is 8.78 Å². The second-order valence-electron chi connectivity index (χ2n) is 9.56. The average molecular weight is 396 g/mol. The second-order valence-corrected chi connectivity index (χ2v) is 9.56. The van der Waals surface area contributed by atoms with Crippen molar-refractivity contribution in [2.75, 3.05) is 0 Å². The van der Waals surface area contributed by atoms with Crippen molar-refractivity contribution >= 4 is 11.8 Å². The van der Waals surface area contributed by atoms with Crippen molar-refractivity contribution in [1.82, 2.24) is 0 Å². The van der Waals surface area contributed by atoms with Crippen LogP contribution in [0.25, 0.3) is 0 Å². The van der Waals surface area contributed by atoms with Gasteiger partial charge in [-0.2, -0.15) is 0 Å². The Morgan fingerprint density at radius 2 is 1.82 bits per heavy atom. The van der Waals surface area contributed by atoms with E-state index in [0.29, 0.717) is 0 Å². The number of alkyl halides is 2. The smallest absolute Gasteiger partial charge is 0.336 e. The topological polar surface area (TPSA) is 94.8 Å². The highest BCUT2D eigenvalue weighted by atomic mass is 19.1. The van der Waals surface area contributed by atoms with Crippen LogP contribution in [0.15, 0.2) is 23.5 Å². The Balaban J connectivity index is 1.86. The van der Waals surface area contributed by atoms with E-state index in [1.54, 1.807) is 13.8 Å². The summed E-state index contributed by atoms with van der Waals surface area (Å²) in [6.45, 7) is 4.73. The predicted molar refractivity (Wildman–Crippen MR) is 95.9 cm³/mol. The van der Waals surface area contributed by atoms with Crippen molar-refractivity contribution in [3.63, 3.8) is 0 Å². The van der Waals surface area contributed by atoms with Gasteiger partial charge in [-0.3, -0.25) is 4.79 Å². The van der Waals surface area contributed by atoms with Crippen molar-refractivity contribution in [2.45, 2.75) is 63.9 Å². The quantitative estimate of drug-likeness (QED) is 0.632. The molecule has 0 spiro atoms. The van der Waals surface area contributed by atoms with Crippen molar-refractivity contribution in [3.05, 3.63) is 23.5 Å². The van der Waals surface area contributed by atoms with Gasteiger partial charge < -0.3 is 15.3 Å². The lowest BCUT2D eigenvalue weighted by atomic mass is 9.45. The molecule has 0 aromatic carbocycles. The summed E-state index contributed by atoms with van der Waals surface area (Å²) in [5, 5.41) is 31.4. The monoisotopic (exact) mass is 396 g/mol. The minimum Gasteiger partial charge on any atom is -0.511 e. The summed E-state index contributed by atoms with van der Waals surface area (Å²) in [7, 11) is 0. The molecule has 5 nitrogen and oxygen atoms in total. The number of carboxylic acid groups (broad SMARTS) is 1. The lowest BCUT2D eigenvalue weighted by Gasteiger charge is -2.61. The van der Waals surface area contributed by atoms with Gasteiger partial charge in [0, 0.05) is 17.4 Å². The van der Waals surface area contributed by atoms with Crippen molar-refractivity contribution in [3.8, 4) is 0 Å². The van der Waals surface area contributed by atoms with E-state index in [-0.39, 0.29) is 31.3 Å². The van der Waals surface area contributed by atoms with Gasteiger partial charge >= 0.3 is 5.97 Å². The highest BCUT2D eigenvalue weighted by Gasteiger charge is 2.75. The van der Waals surface area contributed by atoms with Gasteiger partial charge in [-0.25, -0.2) is 13.6 Å². The number of rotatable bonds is 1. The third-order valence-corrected chi connectivity index (χ3v) is 8.71. The lowest BCUT2D eigenvalue weighted by molar-refractivity contribution is -0.201. The first-order chi connectivity index (χ1) is 12.8. The van der Waals surface area contributed by atoms with Crippen molar-refractivity contribution in [2.24, 2.45) is 28.6 Å². The van der Waals surface area contributed by atoms with Gasteiger partial charge in [-0.15, -0.1) is 0 Å². The molecular formula is C21H26F2O5. The molecular weight excluding hydrogens is 370 g/mol. The first-order valence-electron chi connectivity index (χ1n) is 9.80. The van der Waals surface area contributed by atoms with Crippen molar-refractivity contribution < 1.29 is 33.7 Å². The van der Waals surface area contributed by atoms with E-state index in [1.165, 1.54) is 6.92 Å². The molecule has 0 aliphatic heterocycles. The molecule has 0 bridgehead atoms. The Bertz CT molecular complexity index is 837. The molecule has 3 fully saturated rings. The number of fused-ring (bicyclic) bond motifs is 5. The number of aliphatic hydroxyl groups excluding tert-OH is 1. The number of carbonyl (C=O) groups is 2. The summed E-state index contributed by atoms with van der Waals surface area (Å²) in [6.07, 6.45) is 0.453. The van der Waals surface area contributed by atoms with E-state index in [2.05, 4.69) is 0 Å². The van der Waals surface area contributed by atoms with E-state index in [9.17, 15) is 24.9 Å². The normalized spacial score (nSPS) is 52.9. The fourth-order valence-corrected chi connectivity index (χ4v) is 6.99. The fourth-order valence-electron chi connectivity index (χ4n) is 6.99. The molecule has 0 saturated heterocycles. The summed E-state index contributed by atoms with van der Waals surface area (Å²) in [6, 6.07) is 0. The van der Waals surface area contributed by atoms with Gasteiger partial charge in [-0.1, -0.05) is 13.8 Å². The van der Waals surface area contributed by atoms with E-state index in [0.717, 1.165) is 12.2 Å². The van der Waals surface area contributed by atoms with E-state index in [4.69, 9.17) is 0 Å². The fraction of sp³-hybridized carbons (Fsp3) is 0.714. The first kappa shape index (κ1) is 19.6. The van der Waals surface area contributed by atoms with Gasteiger partial charge in [0.05, 0.1) is 5.41 Å². The van der Waals surface area contributed by atoms with Gasteiger partial charge in [-0.05, 0) is 56.1 Å². The SMILES string of the molecule is C[C@@H]1C[C@H]2C3C[C@H](F)C4=CC(=O)C=C(O)C4(C)C3(F)CC[C@]2(C)[C@@]1(O)C(=O)O. The van der Waals surface area contributed by atoms with Gasteiger partial charge in [0.2, 0.25) is 0 Å². The summed E-state index contributed by atoms with van der Waals surface area (Å²) in [5.41, 5.74) is -6.85. The van der Waals surface area contributed by atoms with Gasteiger partial charge in [0.25, 0.3) is 0 Å². The molecule has 0 heterocycles. The van der Waals surface area contributed by atoms with Crippen LogP contribution >= 0.6 is 0 Å².